The number of carbonyl (C=O) groups is 2. The van der Waals surface area contributed by atoms with Crippen molar-refractivity contribution in [2.75, 3.05) is 18.6 Å². The number of likely N-dealkylation sites (N-methyl/N-ethyl adjacent to an activating group) is 1. The number of benzene rings is 1. The molecule has 1 aromatic carbocycles. The summed E-state index contributed by atoms with van der Waals surface area (Å²) in [5.41, 5.74) is 2.01. The van der Waals surface area contributed by atoms with E-state index in [0.29, 0.717) is 17.1 Å². The van der Waals surface area contributed by atoms with E-state index in [1.807, 2.05) is 12.1 Å². The molecule has 2 heterocycles. The predicted molar refractivity (Wildman–Crippen MR) is 92.8 cm³/mol. The third-order valence-corrected chi connectivity index (χ3v) is 3.94. The van der Waals surface area contributed by atoms with Crippen molar-refractivity contribution in [1.29, 1.82) is 0 Å². The zero-order valence-electron chi connectivity index (χ0n) is 12.7. The highest BCUT2D eigenvalue weighted by Crippen LogP contribution is 2.36. The van der Waals surface area contributed by atoms with Crippen molar-refractivity contribution in [3.8, 4) is 5.75 Å². The number of hydrogen-bond acceptors (Lipinski definition) is 4. The van der Waals surface area contributed by atoms with Gasteiger partial charge in [0.2, 0.25) is 0 Å². The molecule has 3 rings (SSSR count). The van der Waals surface area contributed by atoms with E-state index < -0.39 is 12.6 Å². The van der Waals surface area contributed by atoms with Crippen LogP contribution in [0.3, 0.4) is 0 Å². The molecule has 0 fully saturated rings. The van der Waals surface area contributed by atoms with E-state index in [-0.39, 0.29) is 5.91 Å². The number of halogens is 1. The van der Waals surface area contributed by atoms with Crippen molar-refractivity contribution in [3.05, 3.63) is 52.1 Å². The number of rotatable bonds is 4. The van der Waals surface area contributed by atoms with Crippen molar-refractivity contribution >= 4 is 45.3 Å². The van der Waals surface area contributed by atoms with Gasteiger partial charge in [0, 0.05) is 23.3 Å². The number of aliphatic carboxylic acids is 1. The van der Waals surface area contributed by atoms with E-state index in [4.69, 9.17) is 9.84 Å². The summed E-state index contributed by atoms with van der Waals surface area (Å²) in [7, 11) is 1.68. The van der Waals surface area contributed by atoms with Crippen LogP contribution in [0.1, 0.15) is 11.1 Å². The number of aromatic nitrogens is 1. The number of anilines is 1. The van der Waals surface area contributed by atoms with E-state index in [1.54, 1.807) is 37.5 Å². The Bertz CT molecular complexity index is 863. The van der Waals surface area contributed by atoms with Crippen molar-refractivity contribution in [2.45, 2.75) is 0 Å². The standard InChI is InChI=1S/C17H13BrN2O4/c1-20-16-13(7-11(18)8-19-16)14(17(20)23)6-10-3-2-4-12(5-10)24-9-15(21)22/h2-8H,9H2,1H3,(H,21,22)/b14-6-. The second-order valence-corrected chi connectivity index (χ2v) is 6.12. The fourth-order valence-corrected chi connectivity index (χ4v) is 2.77. The summed E-state index contributed by atoms with van der Waals surface area (Å²) < 4.78 is 5.95. The number of nitrogens with zero attached hydrogens (tertiary/aromatic N) is 2. The number of carbonyl (C=O) groups excluding carboxylic acids is 1. The maximum atomic E-state index is 12.5. The van der Waals surface area contributed by atoms with Crippen molar-refractivity contribution in [1.82, 2.24) is 4.98 Å². The van der Waals surface area contributed by atoms with Crippen LogP contribution in [0.4, 0.5) is 5.82 Å². The lowest BCUT2D eigenvalue weighted by atomic mass is 10.1. The fourth-order valence-electron chi connectivity index (χ4n) is 2.43. The Kier molecular flexibility index (Phi) is 4.35. The monoisotopic (exact) mass is 388 g/mol. The number of carboxylic acids is 1. The molecule has 0 aliphatic carbocycles. The van der Waals surface area contributed by atoms with Gasteiger partial charge in [0.25, 0.3) is 5.91 Å². The molecule has 1 aliphatic rings. The molecular weight excluding hydrogens is 376 g/mol. The molecule has 1 aliphatic heterocycles. The third kappa shape index (κ3) is 3.16. The summed E-state index contributed by atoms with van der Waals surface area (Å²) in [4.78, 5) is 28.8. The first-order valence-electron chi connectivity index (χ1n) is 7.06. The summed E-state index contributed by atoms with van der Waals surface area (Å²) >= 11 is 3.37. The van der Waals surface area contributed by atoms with E-state index in [2.05, 4.69) is 20.9 Å². The minimum absolute atomic E-state index is 0.146. The maximum absolute atomic E-state index is 12.5. The van der Waals surface area contributed by atoms with Crippen molar-refractivity contribution in [3.63, 3.8) is 0 Å². The smallest absolute Gasteiger partial charge is 0.341 e. The number of amides is 1. The van der Waals surface area contributed by atoms with Gasteiger partial charge in [-0.3, -0.25) is 9.69 Å². The van der Waals surface area contributed by atoms with Crippen molar-refractivity contribution in [2.24, 2.45) is 0 Å². The van der Waals surface area contributed by atoms with Crippen LogP contribution in [0.5, 0.6) is 5.75 Å². The van der Waals surface area contributed by atoms with E-state index >= 15 is 0 Å². The number of ether oxygens (including phenoxy) is 1. The Balaban J connectivity index is 1.97. The molecule has 0 saturated carbocycles. The molecule has 0 bridgehead atoms. The van der Waals surface area contributed by atoms with Crippen molar-refractivity contribution < 1.29 is 19.4 Å². The zero-order valence-corrected chi connectivity index (χ0v) is 14.3. The van der Waals surface area contributed by atoms with Crippen LogP contribution in [0, 0.1) is 0 Å². The highest BCUT2D eigenvalue weighted by Gasteiger charge is 2.31. The maximum Gasteiger partial charge on any atom is 0.341 e. The topological polar surface area (TPSA) is 79.7 Å². The lowest BCUT2D eigenvalue weighted by molar-refractivity contribution is -0.139. The van der Waals surface area contributed by atoms with Crippen LogP contribution < -0.4 is 9.64 Å². The number of pyridine rings is 1. The summed E-state index contributed by atoms with van der Waals surface area (Å²) in [5, 5.41) is 8.67. The van der Waals surface area contributed by atoms with Gasteiger partial charge in [-0.1, -0.05) is 12.1 Å². The molecular formula is C17H13BrN2O4. The van der Waals surface area contributed by atoms with Crippen LogP contribution in [0.25, 0.3) is 11.6 Å². The lowest BCUT2D eigenvalue weighted by Crippen LogP contribution is -2.20. The molecule has 122 valence electrons. The molecule has 1 N–H and O–H groups in total. The molecule has 7 heteroatoms. The Hall–Kier alpha value is -2.67. The SMILES string of the molecule is CN1C(=O)/C(=C\c2cccc(OCC(=O)O)c2)c2cc(Br)cnc21. The Morgan fingerprint density at radius 2 is 2.21 bits per heavy atom. The van der Waals surface area contributed by atoms with Gasteiger partial charge in [-0.2, -0.15) is 0 Å². The van der Waals surface area contributed by atoms with Crippen LogP contribution in [-0.4, -0.2) is 35.6 Å². The predicted octanol–water partition coefficient (Wildman–Crippen LogP) is 2.82. The first-order chi connectivity index (χ1) is 11.5. The second kappa shape index (κ2) is 6.45. The van der Waals surface area contributed by atoms with Gasteiger partial charge in [-0.25, -0.2) is 9.78 Å². The van der Waals surface area contributed by atoms with Gasteiger partial charge in [0.15, 0.2) is 6.61 Å². The van der Waals surface area contributed by atoms with Crippen LogP contribution >= 0.6 is 15.9 Å². The molecule has 6 nitrogen and oxygen atoms in total. The van der Waals surface area contributed by atoms with Gasteiger partial charge in [0.1, 0.15) is 11.6 Å². The van der Waals surface area contributed by atoms with Crippen LogP contribution in [0.15, 0.2) is 41.0 Å². The fraction of sp³-hybridized carbons (Fsp3) is 0.118. The average molecular weight is 389 g/mol. The van der Waals surface area contributed by atoms with E-state index in [0.717, 1.165) is 15.6 Å². The highest BCUT2D eigenvalue weighted by atomic mass is 79.9. The summed E-state index contributed by atoms with van der Waals surface area (Å²) in [6, 6.07) is 8.76. The number of carboxylic acid groups (broad SMARTS) is 1. The van der Waals surface area contributed by atoms with Gasteiger partial charge in [0.05, 0.1) is 5.57 Å². The highest BCUT2D eigenvalue weighted by molar-refractivity contribution is 9.10. The summed E-state index contributed by atoms with van der Waals surface area (Å²) in [5.74, 6) is -0.158. The molecule has 1 amide bonds. The third-order valence-electron chi connectivity index (χ3n) is 3.51. The van der Waals surface area contributed by atoms with Gasteiger partial charge >= 0.3 is 5.97 Å². The molecule has 24 heavy (non-hydrogen) atoms. The second-order valence-electron chi connectivity index (χ2n) is 5.20. The Morgan fingerprint density at radius 3 is 2.96 bits per heavy atom. The first-order valence-corrected chi connectivity index (χ1v) is 7.85. The molecule has 0 unspecified atom stereocenters. The van der Waals surface area contributed by atoms with Gasteiger partial charge in [-0.05, 0) is 45.8 Å². The average Bonchev–Trinajstić information content (AvgIpc) is 2.78. The molecule has 1 aromatic heterocycles. The summed E-state index contributed by atoms with van der Waals surface area (Å²) in [6.07, 6.45) is 3.39. The molecule has 0 saturated heterocycles. The summed E-state index contributed by atoms with van der Waals surface area (Å²) in [6.45, 7) is -0.415. The Morgan fingerprint density at radius 1 is 1.42 bits per heavy atom. The lowest BCUT2D eigenvalue weighted by Gasteiger charge is -2.07. The Labute approximate surface area is 146 Å². The molecule has 2 aromatic rings. The minimum atomic E-state index is -1.05. The van der Waals surface area contributed by atoms with E-state index in [9.17, 15) is 9.59 Å². The van der Waals surface area contributed by atoms with Crippen LogP contribution in [0.2, 0.25) is 0 Å². The molecule has 0 spiro atoms. The minimum Gasteiger partial charge on any atom is -0.482 e. The quantitative estimate of drug-likeness (QED) is 0.814. The van der Waals surface area contributed by atoms with Gasteiger partial charge in [-0.15, -0.1) is 0 Å². The zero-order chi connectivity index (χ0) is 17.3. The van der Waals surface area contributed by atoms with E-state index in [1.165, 1.54) is 4.90 Å². The molecule has 0 radical (unpaired) electrons. The number of fused-ring (bicyclic) bond motifs is 1. The first kappa shape index (κ1) is 16.2. The normalized spacial score (nSPS) is 14.8. The van der Waals surface area contributed by atoms with Crippen LogP contribution in [-0.2, 0) is 9.59 Å². The largest absolute Gasteiger partial charge is 0.482 e. The van der Waals surface area contributed by atoms with Gasteiger partial charge < -0.3 is 9.84 Å². The number of hydrogen-bond donors (Lipinski definition) is 1. The molecule has 0 atom stereocenters.